The molecule has 1 aliphatic heterocycles. The maximum absolute atomic E-state index is 11.5. The van der Waals surface area contributed by atoms with Crippen LogP contribution in [-0.4, -0.2) is 45.3 Å². The van der Waals surface area contributed by atoms with Gasteiger partial charge in [0.25, 0.3) is 0 Å². The van der Waals surface area contributed by atoms with Crippen LogP contribution < -0.4 is 10.2 Å². The molecule has 0 aromatic carbocycles. The molecule has 2 aromatic rings. The van der Waals surface area contributed by atoms with Crippen molar-refractivity contribution in [2.75, 3.05) is 24.5 Å². The zero-order valence-corrected chi connectivity index (χ0v) is 10.3. The molecule has 1 saturated heterocycles. The number of amides is 1. The summed E-state index contributed by atoms with van der Waals surface area (Å²) in [6, 6.07) is 0. The average molecular weight is 246 g/mol. The maximum Gasteiger partial charge on any atom is 0.239 e. The summed E-state index contributed by atoms with van der Waals surface area (Å²) in [7, 11) is 1.85. The highest BCUT2D eigenvalue weighted by molar-refractivity contribution is 5.90. The van der Waals surface area contributed by atoms with Crippen molar-refractivity contribution in [2.24, 2.45) is 7.05 Å². The molecule has 0 spiro atoms. The van der Waals surface area contributed by atoms with Crippen molar-refractivity contribution >= 4 is 22.8 Å². The Kier molecular flexibility index (Phi) is 2.39. The van der Waals surface area contributed by atoms with Crippen molar-refractivity contribution in [3.8, 4) is 0 Å². The van der Waals surface area contributed by atoms with Crippen molar-refractivity contribution in [1.82, 2.24) is 25.1 Å². The molecule has 94 valence electrons. The molecule has 0 unspecified atom stereocenters. The molecule has 18 heavy (non-hydrogen) atoms. The van der Waals surface area contributed by atoms with Crippen molar-refractivity contribution in [2.45, 2.75) is 6.92 Å². The predicted molar refractivity (Wildman–Crippen MR) is 66.3 cm³/mol. The third-order valence-electron chi connectivity index (χ3n) is 3.02. The van der Waals surface area contributed by atoms with Crippen LogP contribution in [0.1, 0.15) is 5.82 Å². The normalized spacial score (nSPS) is 16.1. The van der Waals surface area contributed by atoms with Gasteiger partial charge in [-0.2, -0.15) is 5.10 Å². The van der Waals surface area contributed by atoms with Crippen molar-refractivity contribution in [3.05, 3.63) is 12.0 Å². The summed E-state index contributed by atoms with van der Waals surface area (Å²) in [6.45, 7) is 3.58. The van der Waals surface area contributed by atoms with E-state index >= 15 is 0 Å². The lowest BCUT2D eigenvalue weighted by molar-refractivity contribution is -0.120. The highest BCUT2D eigenvalue weighted by Crippen LogP contribution is 2.23. The minimum Gasteiger partial charge on any atom is -0.353 e. The van der Waals surface area contributed by atoms with Crippen LogP contribution >= 0.6 is 0 Å². The molecular weight excluding hydrogens is 232 g/mol. The fourth-order valence-corrected chi connectivity index (χ4v) is 2.17. The van der Waals surface area contributed by atoms with E-state index in [1.54, 1.807) is 10.9 Å². The molecule has 0 radical (unpaired) electrons. The number of fused-ring (bicyclic) bond motifs is 1. The number of rotatable bonds is 1. The molecule has 3 rings (SSSR count). The number of aromatic nitrogens is 4. The monoisotopic (exact) mass is 246 g/mol. The van der Waals surface area contributed by atoms with Gasteiger partial charge in [0.1, 0.15) is 11.6 Å². The Morgan fingerprint density at radius 1 is 1.39 bits per heavy atom. The molecule has 0 bridgehead atoms. The van der Waals surface area contributed by atoms with E-state index < -0.39 is 0 Å². The molecule has 7 heteroatoms. The number of nitrogens with zero attached hydrogens (tertiary/aromatic N) is 5. The Morgan fingerprint density at radius 2 is 2.22 bits per heavy atom. The smallest absolute Gasteiger partial charge is 0.239 e. The van der Waals surface area contributed by atoms with E-state index in [1.165, 1.54) is 0 Å². The fourth-order valence-electron chi connectivity index (χ4n) is 2.17. The van der Waals surface area contributed by atoms with Gasteiger partial charge in [0.15, 0.2) is 5.65 Å². The van der Waals surface area contributed by atoms with Gasteiger partial charge in [-0.05, 0) is 6.92 Å². The van der Waals surface area contributed by atoms with Gasteiger partial charge in [-0.15, -0.1) is 0 Å². The number of piperazine rings is 1. The molecule has 1 N–H and O–H groups in total. The average Bonchev–Trinajstić information content (AvgIpc) is 2.70. The second-order valence-electron chi connectivity index (χ2n) is 4.37. The predicted octanol–water partition coefficient (Wildman–Crippen LogP) is -0.392. The summed E-state index contributed by atoms with van der Waals surface area (Å²) < 4.78 is 1.72. The Bertz CT molecular complexity index is 619. The number of hydrogen-bond acceptors (Lipinski definition) is 5. The van der Waals surface area contributed by atoms with Gasteiger partial charge in [-0.3, -0.25) is 9.48 Å². The molecular formula is C11H14N6O. The van der Waals surface area contributed by atoms with E-state index in [2.05, 4.69) is 20.4 Å². The number of anilines is 1. The molecule has 1 aliphatic rings. The van der Waals surface area contributed by atoms with Gasteiger partial charge in [-0.25, -0.2) is 9.97 Å². The van der Waals surface area contributed by atoms with E-state index in [-0.39, 0.29) is 5.91 Å². The number of carbonyl (C=O) groups excluding carboxylic acids is 1. The fraction of sp³-hybridized carbons (Fsp3) is 0.455. The number of hydrogen-bond donors (Lipinski definition) is 1. The zero-order valence-electron chi connectivity index (χ0n) is 10.3. The summed E-state index contributed by atoms with van der Waals surface area (Å²) in [4.78, 5) is 22.3. The lowest BCUT2D eigenvalue weighted by Gasteiger charge is -2.28. The number of nitrogens with one attached hydrogen (secondary N) is 1. The van der Waals surface area contributed by atoms with Crippen molar-refractivity contribution < 1.29 is 4.79 Å². The van der Waals surface area contributed by atoms with Gasteiger partial charge in [0.2, 0.25) is 5.91 Å². The van der Waals surface area contributed by atoms with Gasteiger partial charge in [0, 0.05) is 20.1 Å². The lowest BCUT2D eigenvalue weighted by Crippen LogP contribution is -2.48. The highest BCUT2D eigenvalue weighted by Gasteiger charge is 2.21. The minimum absolute atomic E-state index is 0.0227. The second-order valence-corrected chi connectivity index (χ2v) is 4.37. The first-order valence-corrected chi connectivity index (χ1v) is 5.83. The summed E-state index contributed by atoms with van der Waals surface area (Å²) in [6.07, 6.45) is 1.75. The lowest BCUT2D eigenvalue weighted by atomic mass is 10.3. The van der Waals surface area contributed by atoms with Crippen LogP contribution in [0.25, 0.3) is 11.0 Å². The van der Waals surface area contributed by atoms with Crippen molar-refractivity contribution in [3.63, 3.8) is 0 Å². The van der Waals surface area contributed by atoms with Gasteiger partial charge in [0.05, 0.1) is 18.1 Å². The van der Waals surface area contributed by atoms with Gasteiger partial charge >= 0.3 is 0 Å². The van der Waals surface area contributed by atoms with E-state index in [9.17, 15) is 4.79 Å². The number of carbonyl (C=O) groups is 1. The third-order valence-corrected chi connectivity index (χ3v) is 3.02. The third kappa shape index (κ3) is 1.68. The van der Waals surface area contributed by atoms with Crippen LogP contribution in [0.15, 0.2) is 6.20 Å². The molecule has 1 amide bonds. The summed E-state index contributed by atoms with van der Waals surface area (Å²) >= 11 is 0. The van der Waals surface area contributed by atoms with Crippen LogP contribution in [-0.2, 0) is 11.8 Å². The van der Waals surface area contributed by atoms with Crippen LogP contribution in [0.2, 0.25) is 0 Å². The van der Waals surface area contributed by atoms with Gasteiger partial charge < -0.3 is 10.2 Å². The topological polar surface area (TPSA) is 75.9 Å². The van der Waals surface area contributed by atoms with E-state index in [0.29, 0.717) is 18.9 Å². The number of aryl methyl sites for hydroxylation is 2. The molecule has 0 aliphatic carbocycles. The molecule has 2 aromatic heterocycles. The van der Waals surface area contributed by atoms with Crippen LogP contribution in [0.3, 0.4) is 0 Å². The molecule has 1 fully saturated rings. The van der Waals surface area contributed by atoms with Crippen LogP contribution in [0.4, 0.5) is 5.82 Å². The molecule has 3 heterocycles. The highest BCUT2D eigenvalue weighted by atomic mass is 16.2. The maximum atomic E-state index is 11.5. The standard InChI is InChI=1S/C11H14N6O/c1-7-14-10-8(5-13-16(10)2)11(15-7)17-4-3-12-9(18)6-17/h5H,3-4,6H2,1-2H3,(H,12,18). The zero-order chi connectivity index (χ0) is 12.7. The van der Waals surface area contributed by atoms with E-state index in [1.807, 2.05) is 18.9 Å². The Hall–Kier alpha value is -2.18. The van der Waals surface area contributed by atoms with Crippen LogP contribution in [0.5, 0.6) is 0 Å². The Morgan fingerprint density at radius 3 is 3.00 bits per heavy atom. The minimum atomic E-state index is 0.0227. The first-order valence-electron chi connectivity index (χ1n) is 5.83. The molecule has 0 atom stereocenters. The largest absolute Gasteiger partial charge is 0.353 e. The van der Waals surface area contributed by atoms with Gasteiger partial charge in [-0.1, -0.05) is 0 Å². The Balaban J connectivity index is 2.12. The first-order chi connectivity index (χ1) is 8.65. The van der Waals surface area contributed by atoms with E-state index in [0.717, 1.165) is 23.4 Å². The summed E-state index contributed by atoms with van der Waals surface area (Å²) in [5.41, 5.74) is 0.795. The van der Waals surface area contributed by atoms with Crippen LogP contribution in [0, 0.1) is 6.92 Å². The molecule has 0 saturated carbocycles. The Labute approximate surface area is 104 Å². The SMILES string of the molecule is Cc1nc(N2CCNC(=O)C2)c2cnn(C)c2n1. The second kappa shape index (κ2) is 3.94. The van der Waals surface area contributed by atoms with Crippen molar-refractivity contribution in [1.29, 1.82) is 0 Å². The summed E-state index contributed by atoms with van der Waals surface area (Å²) in [5.74, 6) is 1.50. The van der Waals surface area contributed by atoms with E-state index in [4.69, 9.17) is 0 Å². The first kappa shape index (κ1) is 10.9. The molecule has 7 nitrogen and oxygen atoms in total. The summed E-state index contributed by atoms with van der Waals surface area (Å²) in [5, 5.41) is 7.89. The quantitative estimate of drug-likeness (QED) is 0.741.